The summed E-state index contributed by atoms with van der Waals surface area (Å²) < 4.78 is 0. The molecule has 0 aromatic heterocycles. The quantitative estimate of drug-likeness (QED) is 0.684. The minimum absolute atomic E-state index is 0.0441. The van der Waals surface area contributed by atoms with E-state index in [4.69, 9.17) is 0 Å². The van der Waals surface area contributed by atoms with Gasteiger partial charge in [0.05, 0.1) is 11.3 Å². The number of carbonyl (C=O) groups excluding carboxylic acids is 1. The van der Waals surface area contributed by atoms with Crippen molar-refractivity contribution >= 4 is 11.6 Å². The Kier molecular flexibility index (Phi) is 4.61. The lowest BCUT2D eigenvalue weighted by molar-refractivity contribution is -0.384. The molecule has 23 heavy (non-hydrogen) atoms. The van der Waals surface area contributed by atoms with E-state index in [-0.39, 0.29) is 18.0 Å². The number of carbonyl (C=O) groups is 1. The molecule has 6 heteroatoms. The normalized spacial score (nSPS) is 20.4. The minimum Gasteiger partial charge on any atom is -0.342 e. The number of hydrogen-bond donors (Lipinski definition) is 1. The van der Waals surface area contributed by atoms with Crippen LogP contribution < -0.4 is 5.32 Å². The van der Waals surface area contributed by atoms with Crippen LogP contribution in [0.5, 0.6) is 0 Å². The first-order valence-corrected chi connectivity index (χ1v) is 8.30. The molecule has 3 rings (SSSR count). The fraction of sp³-hybridized carbons (Fsp3) is 0.588. The molecule has 2 saturated heterocycles. The number of nitrogens with zero attached hydrogens (tertiary/aromatic N) is 2. The van der Waals surface area contributed by atoms with Crippen LogP contribution in [0.4, 0.5) is 5.69 Å². The number of nitro benzene ring substituents is 1. The lowest BCUT2D eigenvalue weighted by atomic mass is 9.71. The minimum atomic E-state index is -0.421. The maximum Gasteiger partial charge on any atom is 0.269 e. The zero-order valence-corrected chi connectivity index (χ0v) is 13.3. The largest absolute Gasteiger partial charge is 0.342 e. The average molecular weight is 317 g/mol. The molecule has 1 aromatic carbocycles. The number of non-ortho nitro benzene ring substituents is 1. The van der Waals surface area contributed by atoms with Crippen molar-refractivity contribution in [3.63, 3.8) is 0 Å². The van der Waals surface area contributed by atoms with Gasteiger partial charge in [-0.25, -0.2) is 0 Å². The topological polar surface area (TPSA) is 75.5 Å². The Morgan fingerprint density at radius 2 is 1.91 bits per heavy atom. The van der Waals surface area contributed by atoms with Crippen LogP contribution in [0.25, 0.3) is 0 Å². The summed E-state index contributed by atoms with van der Waals surface area (Å²) in [5, 5.41) is 14.2. The van der Waals surface area contributed by atoms with Gasteiger partial charge in [-0.15, -0.1) is 0 Å². The molecule has 0 aliphatic carbocycles. The van der Waals surface area contributed by atoms with E-state index in [0.717, 1.165) is 39.0 Å². The third-order valence-corrected chi connectivity index (χ3v) is 5.32. The molecule has 2 fully saturated rings. The van der Waals surface area contributed by atoms with E-state index in [1.807, 2.05) is 4.90 Å². The second-order valence-electron chi connectivity index (χ2n) is 6.73. The highest BCUT2D eigenvalue weighted by atomic mass is 16.6. The van der Waals surface area contributed by atoms with Gasteiger partial charge in [-0.1, -0.05) is 12.1 Å². The van der Waals surface area contributed by atoms with Crippen LogP contribution in [0.15, 0.2) is 24.3 Å². The second kappa shape index (κ2) is 6.66. The molecule has 2 aliphatic heterocycles. The summed E-state index contributed by atoms with van der Waals surface area (Å²) >= 11 is 0. The van der Waals surface area contributed by atoms with E-state index in [2.05, 4.69) is 5.32 Å². The number of nitrogens with one attached hydrogen (secondary N) is 1. The molecule has 0 unspecified atom stereocenters. The van der Waals surface area contributed by atoms with Crippen LogP contribution >= 0.6 is 0 Å². The Hall–Kier alpha value is -1.95. The van der Waals surface area contributed by atoms with Gasteiger partial charge in [0.25, 0.3) is 5.69 Å². The SMILES string of the molecule is O=C(Cc1cccc([N+](=O)[O-])c1)N1CCC2(CCNCC2)CC1. The molecule has 0 bridgehead atoms. The van der Waals surface area contributed by atoms with Crippen LogP contribution in [0.3, 0.4) is 0 Å². The molecule has 0 atom stereocenters. The number of likely N-dealkylation sites (tertiary alicyclic amines) is 1. The van der Waals surface area contributed by atoms with Gasteiger partial charge in [0.15, 0.2) is 0 Å². The molecule has 2 heterocycles. The molecule has 1 spiro atoms. The Morgan fingerprint density at radius 3 is 2.57 bits per heavy atom. The highest BCUT2D eigenvalue weighted by Gasteiger charge is 2.36. The van der Waals surface area contributed by atoms with Gasteiger partial charge in [-0.2, -0.15) is 0 Å². The lowest BCUT2D eigenvalue weighted by Crippen LogP contribution is -2.47. The average Bonchev–Trinajstić information content (AvgIpc) is 2.56. The van der Waals surface area contributed by atoms with Crippen LogP contribution in [0, 0.1) is 15.5 Å². The summed E-state index contributed by atoms with van der Waals surface area (Å²) in [5.74, 6) is 0.0780. The van der Waals surface area contributed by atoms with Crippen molar-refractivity contribution in [1.82, 2.24) is 10.2 Å². The first-order chi connectivity index (χ1) is 11.1. The highest BCUT2D eigenvalue weighted by Crippen LogP contribution is 2.39. The predicted octanol–water partition coefficient (Wildman–Crippen LogP) is 2.13. The summed E-state index contributed by atoms with van der Waals surface area (Å²) in [6, 6.07) is 6.37. The van der Waals surface area contributed by atoms with Crippen molar-refractivity contribution in [3.8, 4) is 0 Å². The standard InChI is InChI=1S/C17H23N3O3/c21-16(13-14-2-1-3-15(12-14)20(22)23)19-10-6-17(7-11-19)4-8-18-9-5-17/h1-3,12,18H,4-11,13H2. The van der Waals surface area contributed by atoms with Gasteiger partial charge in [-0.05, 0) is 49.8 Å². The Morgan fingerprint density at radius 1 is 1.22 bits per heavy atom. The molecule has 0 saturated carbocycles. The fourth-order valence-electron chi connectivity index (χ4n) is 3.75. The van der Waals surface area contributed by atoms with Crippen molar-refractivity contribution in [2.24, 2.45) is 5.41 Å². The molecular formula is C17H23N3O3. The number of rotatable bonds is 3. The van der Waals surface area contributed by atoms with Crippen molar-refractivity contribution in [2.75, 3.05) is 26.2 Å². The summed E-state index contributed by atoms with van der Waals surface area (Å²) in [6.45, 7) is 3.80. The Bertz CT molecular complexity index is 587. The predicted molar refractivity (Wildman–Crippen MR) is 87.2 cm³/mol. The molecule has 124 valence electrons. The first-order valence-electron chi connectivity index (χ1n) is 8.30. The third kappa shape index (κ3) is 3.69. The van der Waals surface area contributed by atoms with Crippen LogP contribution in [0.2, 0.25) is 0 Å². The maximum atomic E-state index is 12.5. The molecule has 2 aliphatic rings. The number of benzene rings is 1. The van der Waals surface area contributed by atoms with E-state index in [0.29, 0.717) is 11.0 Å². The van der Waals surface area contributed by atoms with Crippen LogP contribution in [-0.4, -0.2) is 41.9 Å². The number of hydrogen-bond acceptors (Lipinski definition) is 4. The summed E-state index contributed by atoms with van der Waals surface area (Å²) in [7, 11) is 0. The maximum absolute atomic E-state index is 12.5. The third-order valence-electron chi connectivity index (χ3n) is 5.32. The van der Waals surface area contributed by atoms with E-state index in [1.165, 1.54) is 25.0 Å². The highest BCUT2D eigenvalue weighted by molar-refractivity contribution is 5.79. The molecule has 0 radical (unpaired) electrons. The number of piperidine rings is 2. The van der Waals surface area contributed by atoms with E-state index >= 15 is 0 Å². The van der Waals surface area contributed by atoms with E-state index in [1.54, 1.807) is 12.1 Å². The monoisotopic (exact) mass is 317 g/mol. The first kappa shape index (κ1) is 15.9. The van der Waals surface area contributed by atoms with Gasteiger partial charge in [0, 0.05) is 25.2 Å². The molecular weight excluding hydrogens is 294 g/mol. The molecule has 1 amide bonds. The van der Waals surface area contributed by atoms with Crippen molar-refractivity contribution in [2.45, 2.75) is 32.1 Å². The molecule has 6 nitrogen and oxygen atoms in total. The van der Waals surface area contributed by atoms with Gasteiger partial charge in [0.2, 0.25) is 5.91 Å². The van der Waals surface area contributed by atoms with E-state index in [9.17, 15) is 14.9 Å². The smallest absolute Gasteiger partial charge is 0.269 e. The number of amides is 1. The Labute approximate surface area is 136 Å². The van der Waals surface area contributed by atoms with Gasteiger partial charge in [0.1, 0.15) is 0 Å². The lowest BCUT2D eigenvalue weighted by Gasteiger charge is -2.44. The van der Waals surface area contributed by atoms with Crippen molar-refractivity contribution < 1.29 is 9.72 Å². The van der Waals surface area contributed by atoms with Crippen LogP contribution in [-0.2, 0) is 11.2 Å². The molecule has 1 N–H and O–H groups in total. The van der Waals surface area contributed by atoms with Crippen molar-refractivity contribution in [1.29, 1.82) is 0 Å². The fourth-order valence-corrected chi connectivity index (χ4v) is 3.75. The Balaban J connectivity index is 1.57. The van der Waals surface area contributed by atoms with Crippen molar-refractivity contribution in [3.05, 3.63) is 39.9 Å². The zero-order chi connectivity index (χ0) is 16.3. The summed E-state index contributed by atoms with van der Waals surface area (Å²) in [4.78, 5) is 24.8. The number of nitro groups is 1. The van der Waals surface area contributed by atoms with Crippen LogP contribution in [0.1, 0.15) is 31.2 Å². The van der Waals surface area contributed by atoms with Gasteiger partial charge < -0.3 is 10.2 Å². The summed E-state index contributed by atoms with van der Waals surface area (Å²) in [6.07, 6.45) is 4.82. The molecule has 1 aromatic rings. The van der Waals surface area contributed by atoms with Gasteiger partial charge in [-0.3, -0.25) is 14.9 Å². The zero-order valence-electron chi connectivity index (χ0n) is 13.3. The van der Waals surface area contributed by atoms with E-state index < -0.39 is 4.92 Å². The summed E-state index contributed by atoms with van der Waals surface area (Å²) in [5.41, 5.74) is 1.18. The van der Waals surface area contributed by atoms with Gasteiger partial charge >= 0.3 is 0 Å². The second-order valence-corrected chi connectivity index (χ2v) is 6.73.